The molecule has 0 spiro atoms. The van der Waals surface area contributed by atoms with Gasteiger partial charge in [-0.25, -0.2) is 19.6 Å². The fourth-order valence-electron chi connectivity index (χ4n) is 3.76. The molecule has 0 atom stereocenters. The molecule has 3 heterocycles. The zero-order valence-electron chi connectivity index (χ0n) is 17.4. The van der Waals surface area contributed by atoms with Crippen molar-refractivity contribution in [2.24, 2.45) is 0 Å². The number of fused-ring (bicyclic) bond motifs is 1. The van der Waals surface area contributed by atoms with E-state index in [0.29, 0.717) is 37.8 Å². The largest absolute Gasteiger partial charge is 0.465 e. The van der Waals surface area contributed by atoms with Gasteiger partial charge < -0.3 is 25.4 Å². The van der Waals surface area contributed by atoms with Crippen LogP contribution in [0.15, 0.2) is 24.3 Å². The number of hydrogen-bond donors (Lipinski definition) is 3. The van der Waals surface area contributed by atoms with Crippen molar-refractivity contribution in [3.63, 3.8) is 0 Å². The van der Waals surface area contributed by atoms with Crippen molar-refractivity contribution in [2.75, 3.05) is 43.1 Å². The first-order valence-electron chi connectivity index (χ1n) is 10.4. The molecule has 1 saturated heterocycles. The standard InChI is InChI=1S/C21H26N6O4/c1-2-22-20(28)23-15-6-4-14(5-7-15)18-24-17-13-27(21(29)30)12-16(17)19(25-18)26-8-3-10-31-11-9-26/h4-7H,2-3,8-13H2,1H3,(H,29,30)(H2,22,23,28). The number of aromatic nitrogens is 2. The first-order valence-corrected chi connectivity index (χ1v) is 10.4. The Morgan fingerprint density at radius 3 is 2.68 bits per heavy atom. The van der Waals surface area contributed by atoms with Gasteiger partial charge in [-0.3, -0.25) is 4.90 Å². The summed E-state index contributed by atoms with van der Waals surface area (Å²) in [5.74, 6) is 1.31. The number of nitrogens with zero attached hydrogens (tertiary/aromatic N) is 4. The first-order chi connectivity index (χ1) is 15.0. The van der Waals surface area contributed by atoms with Crippen molar-refractivity contribution in [3.8, 4) is 11.4 Å². The van der Waals surface area contributed by atoms with E-state index < -0.39 is 6.09 Å². The number of ether oxygens (including phenoxy) is 1. The van der Waals surface area contributed by atoms with Gasteiger partial charge in [-0.15, -0.1) is 0 Å². The summed E-state index contributed by atoms with van der Waals surface area (Å²) in [6.07, 6.45) is -0.0813. The molecule has 164 valence electrons. The minimum absolute atomic E-state index is 0.244. The summed E-state index contributed by atoms with van der Waals surface area (Å²) in [6, 6.07) is 7.03. The van der Waals surface area contributed by atoms with Crippen molar-refractivity contribution < 1.29 is 19.4 Å². The number of amides is 3. The maximum absolute atomic E-state index is 11.7. The molecule has 0 unspecified atom stereocenters. The number of carbonyl (C=O) groups is 2. The van der Waals surface area contributed by atoms with Gasteiger partial charge in [0.1, 0.15) is 5.82 Å². The summed E-state index contributed by atoms with van der Waals surface area (Å²) in [6.45, 7) is 5.74. The first kappa shape index (κ1) is 20.9. The van der Waals surface area contributed by atoms with Gasteiger partial charge in [0, 0.05) is 43.1 Å². The van der Waals surface area contributed by atoms with E-state index in [1.54, 1.807) is 12.1 Å². The Morgan fingerprint density at radius 1 is 1.13 bits per heavy atom. The number of anilines is 2. The van der Waals surface area contributed by atoms with Crippen LogP contribution in [0.1, 0.15) is 24.6 Å². The number of hydrogen-bond acceptors (Lipinski definition) is 6. The molecule has 3 amide bonds. The lowest BCUT2D eigenvalue weighted by Gasteiger charge is -2.23. The molecular weight excluding hydrogens is 400 g/mol. The normalized spacial score (nSPS) is 15.9. The predicted molar refractivity (Wildman–Crippen MR) is 115 cm³/mol. The van der Waals surface area contributed by atoms with Crippen LogP contribution in [0, 0.1) is 0 Å². The summed E-state index contributed by atoms with van der Waals surface area (Å²) in [5.41, 5.74) is 3.06. The smallest absolute Gasteiger partial charge is 0.407 e. The second-order valence-corrected chi connectivity index (χ2v) is 7.45. The molecule has 10 nitrogen and oxygen atoms in total. The Hall–Kier alpha value is -3.40. The van der Waals surface area contributed by atoms with E-state index in [1.807, 2.05) is 19.1 Å². The van der Waals surface area contributed by atoms with Gasteiger partial charge in [0.05, 0.1) is 25.4 Å². The third-order valence-corrected chi connectivity index (χ3v) is 5.29. The zero-order valence-corrected chi connectivity index (χ0v) is 17.4. The van der Waals surface area contributed by atoms with Crippen LogP contribution >= 0.6 is 0 Å². The van der Waals surface area contributed by atoms with Crippen molar-refractivity contribution in [3.05, 3.63) is 35.5 Å². The van der Waals surface area contributed by atoms with E-state index in [0.717, 1.165) is 35.6 Å². The molecule has 2 aromatic rings. The van der Waals surface area contributed by atoms with Gasteiger partial charge in [-0.05, 0) is 37.6 Å². The van der Waals surface area contributed by atoms with Crippen LogP contribution in [-0.2, 0) is 17.8 Å². The highest BCUT2D eigenvalue weighted by molar-refractivity contribution is 5.89. The Bertz CT molecular complexity index is 957. The Morgan fingerprint density at radius 2 is 1.94 bits per heavy atom. The van der Waals surface area contributed by atoms with Gasteiger partial charge in [-0.1, -0.05) is 0 Å². The Kier molecular flexibility index (Phi) is 6.17. The fourth-order valence-corrected chi connectivity index (χ4v) is 3.76. The van der Waals surface area contributed by atoms with Crippen molar-refractivity contribution in [1.29, 1.82) is 0 Å². The molecule has 10 heteroatoms. The molecule has 2 aliphatic heterocycles. The van der Waals surface area contributed by atoms with Crippen molar-refractivity contribution in [2.45, 2.75) is 26.4 Å². The number of carboxylic acid groups (broad SMARTS) is 1. The maximum atomic E-state index is 11.7. The molecular formula is C21H26N6O4. The van der Waals surface area contributed by atoms with E-state index in [9.17, 15) is 14.7 Å². The third-order valence-electron chi connectivity index (χ3n) is 5.29. The van der Waals surface area contributed by atoms with Crippen LogP contribution in [-0.4, -0.2) is 64.9 Å². The molecule has 0 bridgehead atoms. The lowest BCUT2D eigenvalue weighted by molar-refractivity contribution is 0.145. The van der Waals surface area contributed by atoms with Crippen LogP contribution < -0.4 is 15.5 Å². The van der Waals surface area contributed by atoms with E-state index in [2.05, 4.69) is 20.5 Å². The van der Waals surface area contributed by atoms with Gasteiger partial charge in [0.25, 0.3) is 0 Å². The average Bonchev–Trinajstić information content (AvgIpc) is 3.01. The number of carbonyl (C=O) groups excluding carboxylic acids is 1. The van der Waals surface area contributed by atoms with Gasteiger partial charge >= 0.3 is 12.1 Å². The second kappa shape index (κ2) is 9.17. The van der Waals surface area contributed by atoms with Gasteiger partial charge in [0.15, 0.2) is 5.82 Å². The zero-order chi connectivity index (χ0) is 21.8. The van der Waals surface area contributed by atoms with Crippen molar-refractivity contribution >= 4 is 23.6 Å². The van der Waals surface area contributed by atoms with Gasteiger partial charge in [-0.2, -0.15) is 0 Å². The number of urea groups is 1. The predicted octanol–water partition coefficient (Wildman–Crippen LogP) is 2.51. The molecule has 0 saturated carbocycles. The van der Waals surface area contributed by atoms with Crippen LogP contribution in [0.5, 0.6) is 0 Å². The Balaban J connectivity index is 1.65. The summed E-state index contributed by atoms with van der Waals surface area (Å²) in [5, 5.41) is 14.9. The third kappa shape index (κ3) is 4.69. The number of rotatable bonds is 4. The lowest BCUT2D eigenvalue weighted by Crippen LogP contribution is -2.29. The van der Waals surface area contributed by atoms with Crippen LogP contribution in [0.3, 0.4) is 0 Å². The molecule has 3 N–H and O–H groups in total. The van der Waals surface area contributed by atoms with Crippen LogP contribution in [0.2, 0.25) is 0 Å². The molecule has 4 rings (SSSR count). The average molecular weight is 426 g/mol. The minimum atomic E-state index is -0.967. The quantitative estimate of drug-likeness (QED) is 0.687. The molecule has 1 aromatic carbocycles. The maximum Gasteiger partial charge on any atom is 0.407 e. The van der Waals surface area contributed by atoms with Gasteiger partial charge in [0.2, 0.25) is 0 Å². The van der Waals surface area contributed by atoms with Crippen molar-refractivity contribution in [1.82, 2.24) is 20.2 Å². The summed E-state index contributed by atoms with van der Waals surface area (Å²) in [4.78, 5) is 36.3. The molecule has 1 fully saturated rings. The second-order valence-electron chi connectivity index (χ2n) is 7.45. The van der Waals surface area contributed by atoms with E-state index in [-0.39, 0.29) is 19.1 Å². The number of nitrogens with one attached hydrogen (secondary N) is 2. The van der Waals surface area contributed by atoms with Crippen LogP contribution in [0.4, 0.5) is 21.1 Å². The highest BCUT2D eigenvalue weighted by atomic mass is 16.5. The molecule has 31 heavy (non-hydrogen) atoms. The highest BCUT2D eigenvalue weighted by Gasteiger charge is 2.30. The molecule has 2 aliphatic rings. The topological polar surface area (TPSA) is 120 Å². The fraction of sp³-hybridized carbons (Fsp3) is 0.429. The summed E-state index contributed by atoms with van der Waals surface area (Å²) in [7, 11) is 0. The molecule has 0 radical (unpaired) electrons. The van der Waals surface area contributed by atoms with Crippen LogP contribution in [0.25, 0.3) is 11.4 Å². The summed E-state index contributed by atoms with van der Waals surface area (Å²) < 4.78 is 5.57. The summed E-state index contributed by atoms with van der Waals surface area (Å²) >= 11 is 0. The molecule has 1 aromatic heterocycles. The Labute approximate surface area is 180 Å². The van der Waals surface area contributed by atoms with E-state index in [4.69, 9.17) is 9.72 Å². The van der Waals surface area contributed by atoms with E-state index >= 15 is 0 Å². The van der Waals surface area contributed by atoms with E-state index in [1.165, 1.54) is 4.90 Å². The molecule has 0 aliphatic carbocycles. The number of benzene rings is 1. The minimum Gasteiger partial charge on any atom is -0.465 e. The monoisotopic (exact) mass is 426 g/mol. The highest BCUT2D eigenvalue weighted by Crippen LogP contribution is 2.32. The lowest BCUT2D eigenvalue weighted by atomic mass is 10.1. The SMILES string of the molecule is CCNC(=O)Nc1ccc(-c2nc3c(c(N4CCCOCC4)n2)CN(C(=O)O)C3)cc1.